The molecule has 1 aliphatic carbocycles. The standard InChI is InChI=1S/C12H21NO2/c1-10-8-12(14)4-5-13(10)6-7-15-9-11-2-3-11/h10-11H,2-9H2,1H3. The first-order valence-electron chi connectivity index (χ1n) is 6.09. The summed E-state index contributed by atoms with van der Waals surface area (Å²) < 4.78 is 5.61. The maximum absolute atomic E-state index is 11.2. The molecule has 86 valence electrons. The molecule has 0 aromatic heterocycles. The topological polar surface area (TPSA) is 29.5 Å². The summed E-state index contributed by atoms with van der Waals surface area (Å²) in [6, 6.07) is 0.413. The maximum atomic E-state index is 11.2. The van der Waals surface area contributed by atoms with E-state index in [1.807, 2.05) is 0 Å². The van der Waals surface area contributed by atoms with Crippen LogP contribution in [-0.2, 0) is 9.53 Å². The second kappa shape index (κ2) is 5.08. The molecular formula is C12H21NO2. The zero-order valence-electron chi connectivity index (χ0n) is 9.58. The van der Waals surface area contributed by atoms with Crippen LogP contribution in [0.25, 0.3) is 0 Å². The molecular weight excluding hydrogens is 190 g/mol. The highest BCUT2D eigenvalue weighted by Gasteiger charge is 2.24. The first-order chi connectivity index (χ1) is 7.25. The smallest absolute Gasteiger partial charge is 0.135 e. The number of hydrogen-bond acceptors (Lipinski definition) is 3. The minimum absolute atomic E-state index is 0.413. The van der Waals surface area contributed by atoms with Crippen LogP contribution in [0.5, 0.6) is 0 Å². The number of carbonyl (C=O) groups excluding carboxylic acids is 1. The third-order valence-corrected chi connectivity index (χ3v) is 3.40. The van der Waals surface area contributed by atoms with Crippen molar-refractivity contribution in [3.8, 4) is 0 Å². The SMILES string of the molecule is CC1CC(=O)CCN1CCOCC1CC1. The van der Waals surface area contributed by atoms with E-state index in [9.17, 15) is 4.79 Å². The third kappa shape index (κ3) is 3.58. The van der Waals surface area contributed by atoms with Gasteiger partial charge >= 0.3 is 0 Å². The van der Waals surface area contributed by atoms with Crippen molar-refractivity contribution in [2.24, 2.45) is 5.92 Å². The van der Waals surface area contributed by atoms with Crippen LogP contribution >= 0.6 is 0 Å². The van der Waals surface area contributed by atoms with Gasteiger partial charge in [-0.25, -0.2) is 0 Å². The number of carbonyl (C=O) groups is 1. The highest BCUT2D eigenvalue weighted by molar-refractivity contribution is 5.79. The molecule has 0 N–H and O–H groups in total. The van der Waals surface area contributed by atoms with Crippen molar-refractivity contribution in [1.82, 2.24) is 4.90 Å². The van der Waals surface area contributed by atoms with E-state index < -0.39 is 0 Å². The molecule has 0 amide bonds. The van der Waals surface area contributed by atoms with Crippen molar-refractivity contribution in [1.29, 1.82) is 0 Å². The molecule has 1 saturated carbocycles. The quantitative estimate of drug-likeness (QED) is 0.645. The van der Waals surface area contributed by atoms with Gasteiger partial charge < -0.3 is 4.74 Å². The summed E-state index contributed by atoms with van der Waals surface area (Å²) in [4.78, 5) is 13.6. The van der Waals surface area contributed by atoms with Crippen LogP contribution in [-0.4, -0.2) is 43.0 Å². The van der Waals surface area contributed by atoms with Gasteiger partial charge in [0.25, 0.3) is 0 Å². The van der Waals surface area contributed by atoms with Gasteiger partial charge in [0, 0.05) is 38.6 Å². The maximum Gasteiger partial charge on any atom is 0.135 e. The minimum Gasteiger partial charge on any atom is -0.380 e. The van der Waals surface area contributed by atoms with E-state index in [1.165, 1.54) is 12.8 Å². The van der Waals surface area contributed by atoms with Gasteiger partial charge in [0.15, 0.2) is 0 Å². The summed E-state index contributed by atoms with van der Waals surface area (Å²) in [7, 11) is 0. The van der Waals surface area contributed by atoms with Gasteiger partial charge in [-0.05, 0) is 25.7 Å². The molecule has 0 spiro atoms. The molecule has 0 aromatic rings. The predicted octanol–water partition coefficient (Wildman–Crippen LogP) is 1.47. The fourth-order valence-electron chi connectivity index (χ4n) is 2.10. The number of hydrogen-bond donors (Lipinski definition) is 0. The van der Waals surface area contributed by atoms with Gasteiger partial charge in [-0.15, -0.1) is 0 Å². The van der Waals surface area contributed by atoms with E-state index >= 15 is 0 Å². The van der Waals surface area contributed by atoms with Crippen LogP contribution in [0.1, 0.15) is 32.6 Å². The second-order valence-electron chi connectivity index (χ2n) is 4.90. The van der Waals surface area contributed by atoms with E-state index in [0.29, 0.717) is 11.8 Å². The van der Waals surface area contributed by atoms with Crippen molar-refractivity contribution in [2.75, 3.05) is 26.3 Å². The molecule has 1 atom stereocenters. The van der Waals surface area contributed by atoms with Crippen LogP contribution in [0, 0.1) is 5.92 Å². The van der Waals surface area contributed by atoms with Crippen molar-refractivity contribution in [2.45, 2.75) is 38.6 Å². The Hall–Kier alpha value is -0.410. The lowest BCUT2D eigenvalue weighted by molar-refractivity contribution is -0.123. The normalized spacial score (nSPS) is 28.3. The number of piperidine rings is 1. The number of nitrogens with zero attached hydrogens (tertiary/aromatic N) is 1. The van der Waals surface area contributed by atoms with Gasteiger partial charge in [-0.2, -0.15) is 0 Å². The number of ketones is 1. The molecule has 2 fully saturated rings. The highest BCUT2D eigenvalue weighted by Crippen LogP contribution is 2.28. The molecule has 0 aromatic carbocycles. The third-order valence-electron chi connectivity index (χ3n) is 3.40. The predicted molar refractivity (Wildman–Crippen MR) is 58.8 cm³/mol. The van der Waals surface area contributed by atoms with E-state index in [2.05, 4.69) is 11.8 Å². The summed E-state index contributed by atoms with van der Waals surface area (Å²) in [5.41, 5.74) is 0. The van der Waals surface area contributed by atoms with Crippen LogP contribution in [0.15, 0.2) is 0 Å². The number of ether oxygens (including phenoxy) is 1. The molecule has 1 saturated heterocycles. The monoisotopic (exact) mass is 211 g/mol. The fourth-order valence-corrected chi connectivity index (χ4v) is 2.10. The van der Waals surface area contributed by atoms with Gasteiger partial charge in [0.1, 0.15) is 5.78 Å². The molecule has 3 heteroatoms. The lowest BCUT2D eigenvalue weighted by atomic mass is 10.0. The fraction of sp³-hybridized carbons (Fsp3) is 0.917. The first kappa shape index (κ1) is 11.1. The second-order valence-corrected chi connectivity index (χ2v) is 4.90. The average Bonchev–Trinajstić information content (AvgIpc) is 2.99. The van der Waals surface area contributed by atoms with Crippen LogP contribution < -0.4 is 0 Å². The Labute approximate surface area is 91.8 Å². The molecule has 1 aliphatic heterocycles. The first-order valence-corrected chi connectivity index (χ1v) is 6.09. The summed E-state index contributed by atoms with van der Waals surface area (Å²) in [6.07, 6.45) is 4.17. The van der Waals surface area contributed by atoms with Gasteiger partial charge in [-0.1, -0.05) is 0 Å². The highest BCUT2D eigenvalue weighted by atomic mass is 16.5. The lowest BCUT2D eigenvalue weighted by Gasteiger charge is -2.32. The number of rotatable bonds is 5. The summed E-state index contributed by atoms with van der Waals surface area (Å²) in [5.74, 6) is 1.27. The minimum atomic E-state index is 0.413. The van der Waals surface area contributed by atoms with Crippen LogP contribution in [0.3, 0.4) is 0 Å². The largest absolute Gasteiger partial charge is 0.380 e. The summed E-state index contributed by atoms with van der Waals surface area (Å²) in [5, 5.41) is 0. The van der Waals surface area contributed by atoms with E-state index in [0.717, 1.165) is 45.1 Å². The van der Waals surface area contributed by atoms with Crippen LogP contribution in [0.2, 0.25) is 0 Å². The Bertz CT molecular complexity index is 226. The summed E-state index contributed by atoms with van der Waals surface area (Å²) >= 11 is 0. The molecule has 1 heterocycles. The van der Waals surface area contributed by atoms with E-state index in [4.69, 9.17) is 4.74 Å². The average molecular weight is 211 g/mol. The lowest BCUT2D eigenvalue weighted by Crippen LogP contribution is -2.42. The van der Waals surface area contributed by atoms with Crippen molar-refractivity contribution in [3.63, 3.8) is 0 Å². The zero-order valence-corrected chi connectivity index (χ0v) is 9.58. The van der Waals surface area contributed by atoms with Gasteiger partial charge in [-0.3, -0.25) is 9.69 Å². The molecule has 2 aliphatic rings. The molecule has 2 rings (SSSR count). The van der Waals surface area contributed by atoms with Crippen LogP contribution in [0.4, 0.5) is 0 Å². The van der Waals surface area contributed by atoms with Crippen molar-refractivity contribution >= 4 is 5.78 Å². The molecule has 1 unspecified atom stereocenters. The Balaban J connectivity index is 1.58. The number of Topliss-reactive ketones (excluding diaryl/α,β-unsaturated/α-hetero) is 1. The van der Waals surface area contributed by atoms with Gasteiger partial charge in [0.2, 0.25) is 0 Å². The van der Waals surface area contributed by atoms with E-state index in [-0.39, 0.29) is 0 Å². The van der Waals surface area contributed by atoms with Gasteiger partial charge in [0.05, 0.1) is 6.61 Å². The molecule has 15 heavy (non-hydrogen) atoms. The Kier molecular flexibility index (Phi) is 3.76. The zero-order chi connectivity index (χ0) is 10.7. The van der Waals surface area contributed by atoms with Crippen molar-refractivity contribution < 1.29 is 9.53 Å². The van der Waals surface area contributed by atoms with E-state index in [1.54, 1.807) is 0 Å². The number of likely N-dealkylation sites (tertiary alicyclic amines) is 1. The Morgan fingerprint density at radius 3 is 2.93 bits per heavy atom. The Morgan fingerprint density at radius 2 is 2.27 bits per heavy atom. The molecule has 0 bridgehead atoms. The summed E-state index contributed by atoms with van der Waals surface area (Å²) in [6.45, 7) is 5.82. The molecule has 3 nitrogen and oxygen atoms in total. The molecule has 0 radical (unpaired) electrons. The Morgan fingerprint density at radius 1 is 1.47 bits per heavy atom. The van der Waals surface area contributed by atoms with Crippen molar-refractivity contribution in [3.05, 3.63) is 0 Å².